The zero-order valence-electron chi connectivity index (χ0n) is 16.0. The molecular weight excluding hydrogens is 383 g/mol. The van der Waals surface area contributed by atoms with Gasteiger partial charge in [-0.05, 0) is 54.0 Å². The molecule has 0 aliphatic heterocycles. The van der Waals surface area contributed by atoms with Crippen LogP contribution in [0.25, 0.3) is 28.2 Å². The quantitative estimate of drug-likeness (QED) is 0.365. The molecule has 2 aromatic heterocycles. The molecule has 0 spiro atoms. The van der Waals surface area contributed by atoms with Crippen molar-refractivity contribution in [2.45, 2.75) is 6.92 Å². The van der Waals surface area contributed by atoms with Gasteiger partial charge in [0.15, 0.2) is 5.78 Å². The van der Waals surface area contributed by atoms with Crippen molar-refractivity contribution in [2.75, 3.05) is 0 Å². The molecule has 30 heavy (non-hydrogen) atoms. The average Bonchev–Trinajstić information content (AvgIpc) is 3.18. The second kappa shape index (κ2) is 7.75. The largest absolute Gasteiger partial charge is 0.478 e. The van der Waals surface area contributed by atoms with Crippen LogP contribution in [0.2, 0.25) is 0 Å². The van der Waals surface area contributed by atoms with E-state index in [1.165, 1.54) is 18.2 Å². The maximum atomic E-state index is 14.3. The van der Waals surface area contributed by atoms with Crippen molar-refractivity contribution in [3.05, 3.63) is 95.1 Å². The molecular formula is C24H17FN2O3. The number of aromatic nitrogens is 2. The summed E-state index contributed by atoms with van der Waals surface area (Å²) >= 11 is 0. The summed E-state index contributed by atoms with van der Waals surface area (Å²) in [5.74, 6) is -2.05. The van der Waals surface area contributed by atoms with Crippen LogP contribution in [-0.2, 0) is 4.79 Å². The van der Waals surface area contributed by atoms with Crippen molar-refractivity contribution in [3.63, 3.8) is 0 Å². The number of carbonyl (C=O) groups is 2. The summed E-state index contributed by atoms with van der Waals surface area (Å²) in [6.45, 7) is 1.80. The minimum absolute atomic E-state index is 0.00356. The number of fused-ring (bicyclic) bond motifs is 1. The van der Waals surface area contributed by atoms with Gasteiger partial charge in [0.2, 0.25) is 0 Å². The standard InChI is InChI=1S/C24H17FN2O3/c1-14-5-7-20(25)18(11-14)23(30)19-13-27-24-22(19)17(9-10-26-24)16-4-2-3-15(12-16)6-8-21(28)29/h2-13H,1H3,(H,26,27)(H,28,29)/b8-6+. The van der Waals surface area contributed by atoms with Crippen LogP contribution in [-0.4, -0.2) is 26.8 Å². The highest BCUT2D eigenvalue weighted by atomic mass is 19.1. The number of carboxylic acid groups (broad SMARTS) is 1. The molecule has 6 heteroatoms. The van der Waals surface area contributed by atoms with Gasteiger partial charge in [-0.25, -0.2) is 14.2 Å². The van der Waals surface area contributed by atoms with Crippen LogP contribution in [0.15, 0.2) is 67.0 Å². The Labute approximate surface area is 171 Å². The number of carboxylic acids is 1. The van der Waals surface area contributed by atoms with Crippen molar-refractivity contribution in [2.24, 2.45) is 0 Å². The third kappa shape index (κ3) is 3.63. The fourth-order valence-electron chi connectivity index (χ4n) is 3.41. The highest BCUT2D eigenvalue weighted by Crippen LogP contribution is 2.32. The number of pyridine rings is 1. The van der Waals surface area contributed by atoms with Crippen LogP contribution in [0.3, 0.4) is 0 Å². The molecule has 0 fully saturated rings. The molecule has 4 aromatic rings. The van der Waals surface area contributed by atoms with E-state index in [1.54, 1.807) is 43.6 Å². The lowest BCUT2D eigenvalue weighted by Crippen LogP contribution is -2.04. The van der Waals surface area contributed by atoms with Crippen LogP contribution in [0.1, 0.15) is 27.0 Å². The molecule has 2 N–H and O–H groups in total. The Balaban J connectivity index is 1.87. The molecule has 0 saturated heterocycles. The van der Waals surface area contributed by atoms with Crippen LogP contribution in [0.5, 0.6) is 0 Å². The number of nitrogens with one attached hydrogen (secondary N) is 1. The second-order valence-corrected chi connectivity index (χ2v) is 6.89. The molecule has 0 aliphatic rings. The van der Waals surface area contributed by atoms with Gasteiger partial charge in [0.25, 0.3) is 0 Å². The fraction of sp³-hybridized carbons (Fsp3) is 0.0417. The van der Waals surface area contributed by atoms with Gasteiger partial charge in [0.05, 0.1) is 11.1 Å². The normalized spacial score (nSPS) is 11.3. The van der Waals surface area contributed by atoms with Crippen molar-refractivity contribution in [3.8, 4) is 11.1 Å². The Hall–Kier alpha value is -4.06. The smallest absolute Gasteiger partial charge is 0.328 e. The highest BCUT2D eigenvalue weighted by molar-refractivity contribution is 6.18. The third-order valence-corrected chi connectivity index (χ3v) is 4.80. The average molecular weight is 400 g/mol. The van der Waals surface area contributed by atoms with Crippen molar-refractivity contribution < 1.29 is 19.1 Å². The monoisotopic (exact) mass is 400 g/mol. The molecule has 0 saturated carbocycles. The van der Waals surface area contributed by atoms with Gasteiger partial charge in [-0.3, -0.25) is 4.79 Å². The van der Waals surface area contributed by atoms with E-state index < -0.39 is 17.6 Å². The molecule has 148 valence electrons. The fourth-order valence-corrected chi connectivity index (χ4v) is 3.41. The third-order valence-electron chi connectivity index (χ3n) is 4.80. The minimum Gasteiger partial charge on any atom is -0.478 e. The maximum absolute atomic E-state index is 14.3. The van der Waals surface area contributed by atoms with Gasteiger partial charge >= 0.3 is 5.97 Å². The number of halogens is 1. The zero-order chi connectivity index (χ0) is 21.3. The SMILES string of the molecule is Cc1ccc(F)c(C(=O)c2c[nH]c3nccc(-c4cccc(/C=C/C(=O)O)c4)c23)c1. The molecule has 5 nitrogen and oxygen atoms in total. The Morgan fingerprint density at radius 2 is 1.93 bits per heavy atom. The van der Waals surface area contributed by atoms with E-state index in [2.05, 4.69) is 9.97 Å². The van der Waals surface area contributed by atoms with Crippen LogP contribution in [0, 0.1) is 12.7 Å². The first kappa shape index (κ1) is 19.3. The first-order chi connectivity index (χ1) is 14.4. The number of ketones is 1. The van der Waals surface area contributed by atoms with Gasteiger partial charge in [-0.15, -0.1) is 0 Å². The molecule has 4 rings (SSSR count). The number of hydrogen-bond donors (Lipinski definition) is 2. The number of rotatable bonds is 5. The predicted octanol–water partition coefficient (Wildman–Crippen LogP) is 5.01. The van der Waals surface area contributed by atoms with Crippen LogP contribution >= 0.6 is 0 Å². The van der Waals surface area contributed by atoms with Crippen molar-refractivity contribution in [1.29, 1.82) is 0 Å². The Morgan fingerprint density at radius 3 is 2.73 bits per heavy atom. The van der Waals surface area contributed by atoms with Gasteiger partial charge in [0.1, 0.15) is 11.5 Å². The van der Waals surface area contributed by atoms with Gasteiger partial charge in [0, 0.05) is 23.9 Å². The van der Waals surface area contributed by atoms with Crippen LogP contribution < -0.4 is 0 Å². The summed E-state index contributed by atoms with van der Waals surface area (Å²) in [6.07, 6.45) is 5.72. The topological polar surface area (TPSA) is 83.0 Å². The summed E-state index contributed by atoms with van der Waals surface area (Å²) in [6, 6.07) is 13.5. The number of H-pyrrole nitrogens is 1. The van der Waals surface area contributed by atoms with Gasteiger partial charge < -0.3 is 10.1 Å². The summed E-state index contributed by atoms with van der Waals surface area (Å²) in [5.41, 5.74) is 3.85. The van der Waals surface area contributed by atoms with Crippen molar-refractivity contribution >= 4 is 28.9 Å². The zero-order valence-corrected chi connectivity index (χ0v) is 16.0. The predicted molar refractivity (Wildman–Crippen MR) is 113 cm³/mol. The highest BCUT2D eigenvalue weighted by Gasteiger charge is 2.21. The van der Waals surface area contributed by atoms with E-state index in [-0.39, 0.29) is 5.56 Å². The van der Waals surface area contributed by atoms with E-state index in [0.29, 0.717) is 22.2 Å². The lowest BCUT2D eigenvalue weighted by atomic mass is 9.95. The summed E-state index contributed by atoms with van der Waals surface area (Å²) in [7, 11) is 0. The summed E-state index contributed by atoms with van der Waals surface area (Å²) in [5, 5.41) is 9.44. The Bertz CT molecular complexity index is 1320. The van der Waals surface area contributed by atoms with E-state index in [9.17, 15) is 14.0 Å². The number of aliphatic carboxylic acids is 1. The van der Waals surface area contributed by atoms with Gasteiger partial charge in [-0.2, -0.15) is 0 Å². The Morgan fingerprint density at radius 1 is 1.10 bits per heavy atom. The lowest BCUT2D eigenvalue weighted by Gasteiger charge is -2.08. The number of aryl methyl sites for hydroxylation is 1. The molecule has 0 unspecified atom stereocenters. The minimum atomic E-state index is -1.04. The van der Waals surface area contributed by atoms with E-state index in [1.807, 2.05) is 12.1 Å². The molecule has 0 amide bonds. The van der Waals surface area contributed by atoms with E-state index in [4.69, 9.17) is 5.11 Å². The maximum Gasteiger partial charge on any atom is 0.328 e. The second-order valence-electron chi connectivity index (χ2n) is 6.89. The first-order valence-electron chi connectivity index (χ1n) is 9.22. The summed E-state index contributed by atoms with van der Waals surface area (Å²) in [4.78, 5) is 31.2. The Kier molecular flexibility index (Phi) is 4.98. The molecule has 0 atom stereocenters. The molecule has 2 heterocycles. The number of aromatic amines is 1. The number of carbonyl (C=O) groups excluding carboxylic acids is 1. The van der Waals surface area contributed by atoms with Gasteiger partial charge in [-0.1, -0.05) is 29.8 Å². The number of benzene rings is 2. The number of hydrogen-bond acceptors (Lipinski definition) is 3. The van der Waals surface area contributed by atoms with E-state index >= 15 is 0 Å². The molecule has 0 bridgehead atoms. The van der Waals surface area contributed by atoms with E-state index in [0.717, 1.165) is 22.8 Å². The molecule has 0 aliphatic carbocycles. The first-order valence-corrected chi connectivity index (χ1v) is 9.22. The van der Waals surface area contributed by atoms with Crippen LogP contribution in [0.4, 0.5) is 4.39 Å². The molecule has 0 radical (unpaired) electrons. The summed E-state index contributed by atoms with van der Waals surface area (Å²) < 4.78 is 14.3. The number of nitrogens with zero attached hydrogens (tertiary/aromatic N) is 1. The lowest BCUT2D eigenvalue weighted by molar-refractivity contribution is -0.131. The van der Waals surface area contributed by atoms with Crippen molar-refractivity contribution in [1.82, 2.24) is 9.97 Å². The molecule has 2 aromatic carbocycles.